The summed E-state index contributed by atoms with van der Waals surface area (Å²) in [5.41, 5.74) is 1.34. The number of fused-ring (bicyclic) bond motifs is 1. The van der Waals surface area contributed by atoms with Crippen molar-refractivity contribution in [2.45, 2.75) is 32.4 Å². The van der Waals surface area contributed by atoms with Crippen molar-refractivity contribution in [2.24, 2.45) is 5.92 Å². The lowest BCUT2D eigenvalue weighted by atomic mass is 10.1. The summed E-state index contributed by atoms with van der Waals surface area (Å²) >= 11 is 0. The molecule has 1 aromatic rings. The Morgan fingerprint density at radius 1 is 1.21 bits per heavy atom. The Labute approximate surface area is 115 Å². The fourth-order valence-corrected chi connectivity index (χ4v) is 3.40. The molecule has 0 aromatic heterocycles. The number of hydrogen-bond donors (Lipinski definition) is 0. The Morgan fingerprint density at radius 3 is 2.79 bits per heavy atom. The summed E-state index contributed by atoms with van der Waals surface area (Å²) in [5.74, 6) is 1.01. The fourth-order valence-electron chi connectivity index (χ4n) is 3.40. The van der Waals surface area contributed by atoms with Gasteiger partial charge in [-0.25, -0.2) is 0 Å². The van der Waals surface area contributed by atoms with Crippen LogP contribution in [0.4, 0.5) is 0 Å². The molecule has 0 aliphatic carbocycles. The number of amides is 1. The average Bonchev–Trinajstić information content (AvgIpc) is 2.71. The summed E-state index contributed by atoms with van der Waals surface area (Å²) in [4.78, 5) is 16.7. The van der Waals surface area contributed by atoms with Crippen LogP contribution in [-0.2, 0) is 11.3 Å². The molecule has 1 amide bonds. The number of carbonyl (C=O) groups excluding carboxylic acids is 1. The second kappa shape index (κ2) is 5.33. The minimum Gasteiger partial charge on any atom is -0.338 e. The predicted molar refractivity (Wildman–Crippen MR) is 75.6 cm³/mol. The van der Waals surface area contributed by atoms with E-state index in [-0.39, 0.29) is 0 Å². The molecule has 2 unspecified atom stereocenters. The number of nitrogens with zero attached hydrogens (tertiary/aromatic N) is 2. The van der Waals surface area contributed by atoms with Crippen LogP contribution in [0.15, 0.2) is 30.3 Å². The zero-order valence-corrected chi connectivity index (χ0v) is 11.6. The predicted octanol–water partition coefficient (Wildman–Crippen LogP) is 2.13. The Balaban J connectivity index is 1.69. The highest BCUT2D eigenvalue weighted by molar-refractivity contribution is 5.77. The molecule has 0 bridgehead atoms. The largest absolute Gasteiger partial charge is 0.338 e. The summed E-state index contributed by atoms with van der Waals surface area (Å²) < 4.78 is 0. The van der Waals surface area contributed by atoms with Crippen molar-refractivity contribution in [1.29, 1.82) is 0 Å². The van der Waals surface area contributed by atoms with E-state index in [4.69, 9.17) is 0 Å². The van der Waals surface area contributed by atoms with Gasteiger partial charge in [0.05, 0.1) is 0 Å². The maximum absolute atomic E-state index is 12.1. The highest BCUT2D eigenvalue weighted by Gasteiger charge is 2.36. The van der Waals surface area contributed by atoms with Gasteiger partial charge in [0.15, 0.2) is 0 Å². The van der Waals surface area contributed by atoms with Crippen LogP contribution in [0.2, 0.25) is 0 Å². The minimum atomic E-state index is 0.352. The van der Waals surface area contributed by atoms with E-state index in [1.165, 1.54) is 5.56 Å². The van der Waals surface area contributed by atoms with E-state index < -0.39 is 0 Å². The SMILES string of the molecule is CC1CC2CN(Cc3ccccc3)CCC(=O)N2C1. The zero-order chi connectivity index (χ0) is 13.2. The van der Waals surface area contributed by atoms with E-state index in [9.17, 15) is 4.79 Å². The van der Waals surface area contributed by atoms with Gasteiger partial charge in [0.1, 0.15) is 0 Å². The van der Waals surface area contributed by atoms with Crippen LogP contribution in [0.25, 0.3) is 0 Å². The molecule has 0 radical (unpaired) electrons. The molecule has 3 rings (SSSR count). The normalized spacial score (nSPS) is 28.3. The van der Waals surface area contributed by atoms with Crippen LogP contribution in [0.1, 0.15) is 25.3 Å². The standard InChI is InChI=1S/C16H22N2O/c1-13-9-15-12-17(8-7-16(19)18(15)10-13)11-14-5-3-2-4-6-14/h2-6,13,15H,7-12H2,1H3. The van der Waals surface area contributed by atoms with Gasteiger partial charge in [-0.05, 0) is 17.9 Å². The van der Waals surface area contributed by atoms with Crippen molar-refractivity contribution in [3.05, 3.63) is 35.9 Å². The van der Waals surface area contributed by atoms with E-state index >= 15 is 0 Å². The molecule has 0 spiro atoms. The Hall–Kier alpha value is -1.35. The van der Waals surface area contributed by atoms with Gasteiger partial charge >= 0.3 is 0 Å². The van der Waals surface area contributed by atoms with E-state index in [1.807, 2.05) is 0 Å². The summed E-state index contributed by atoms with van der Waals surface area (Å²) in [6, 6.07) is 11.0. The molecule has 0 saturated carbocycles. The molecule has 102 valence electrons. The molecule has 2 fully saturated rings. The van der Waals surface area contributed by atoms with Crippen LogP contribution in [0, 0.1) is 5.92 Å². The van der Waals surface area contributed by atoms with Gasteiger partial charge in [0.25, 0.3) is 0 Å². The highest BCUT2D eigenvalue weighted by atomic mass is 16.2. The zero-order valence-electron chi connectivity index (χ0n) is 11.6. The lowest BCUT2D eigenvalue weighted by molar-refractivity contribution is -0.131. The molecule has 1 aromatic carbocycles. The minimum absolute atomic E-state index is 0.352. The van der Waals surface area contributed by atoms with Gasteiger partial charge < -0.3 is 4.90 Å². The van der Waals surface area contributed by atoms with Gasteiger partial charge in [0, 0.05) is 38.6 Å². The molecule has 2 atom stereocenters. The molecular weight excluding hydrogens is 236 g/mol. The first-order valence-corrected chi connectivity index (χ1v) is 7.28. The van der Waals surface area contributed by atoms with Gasteiger partial charge in [-0.15, -0.1) is 0 Å². The molecule has 19 heavy (non-hydrogen) atoms. The molecular formula is C16H22N2O. The maximum Gasteiger partial charge on any atom is 0.224 e. The van der Waals surface area contributed by atoms with E-state index in [1.54, 1.807) is 0 Å². The monoisotopic (exact) mass is 258 g/mol. The van der Waals surface area contributed by atoms with Gasteiger partial charge in [-0.3, -0.25) is 9.69 Å². The summed E-state index contributed by atoms with van der Waals surface area (Å²) in [7, 11) is 0. The fraction of sp³-hybridized carbons (Fsp3) is 0.562. The molecule has 2 heterocycles. The highest BCUT2D eigenvalue weighted by Crippen LogP contribution is 2.27. The van der Waals surface area contributed by atoms with Crippen LogP contribution in [0.5, 0.6) is 0 Å². The number of benzene rings is 1. The first-order chi connectivity index (χ1) is 9.22. The summed E-state index contributed by atoms with van der Waals surface area (Å²) in [5, 5.41) is 0. The number of hydrogen-bond acceptors (Lipinski definition) is 2. The van der Waals surface area contributed by atoms with E-state index in [0.29, 0.717) is 24.3 Å². The van der Waals surface area contributed by atoms with Gasteiger partial charge in [0.2, 0.25) is 5.91 Å². The van der Waals surface area contributed by atoms with Crippen LogP contribution in [0.3, 0.4) is 0 Å². The Kier molecular flexibility index (Phi) is 3.56. The lowest BCUT2D eigenvalue weighted by Crippen LogP contribution is -2.38. The van der Waals surface area contributed by atoms with E-state index in [2.05, 4.69) is 47.1 Å². The second-order valence-corrected chi connectivity index (χ2v) is 6.01. The third-order valence-electron chi connectivity index (χ3n) is 4.30. The lowest BCUT2D eigenvalue weighted by Gasteiger charge is -2.25. The van der Waals surface area contributed by atoms with Crippen molar-refractivity contribution in [3.8, 4) is 0 Å². The number of rotatable bonds is 2. The van der Waals surface area contributed by atoms with Crippen molar-refractivity contribution >= 4 is 5.91 Å². The quantitative estimate of drug-likeness (QED) is 0.811. The molecule has 2 saturated heterocycles. The first kappa shape index (κ1) is 12.7. The van der Waals surface area contributed by atoms with Gasteiger partial charge in [-0.2, -0.15) is 0 Å². The third-order valence-corrected chi connectivity index (χ3v) is 4.30. The average molecular weight is 258 g/mol. The van der Waals surface area contributed by atoms with Crippen LogP contribution in [-0.4, -0.2) is 41.4 Å². The van der Waals surface area contributed by atoms with Crippen molar-refractivity contribution in [1.82, 2.24) is 9.80 Å². The first-order valence-electron chi connectivity index (χ1n) is 7.28. The van der Waals surface area contributed by atoms with Crippen molar-refractivity contribution in [3.63, 3.8) is 0 Å². The Bertz CT molecular complexity index is 445. The van der Waals surface area contributed by atoms with Crippen LogP contribution < -0.4 is 0 Å². The molecule has 0 N–H and O–H groups in total. The molecule has 2 aliphatic rings. The number of carbonyl (C=O) groups is 1. The maximum atomic E-state index is 12.1. The molecule has 3 nitrogen and oxygen atoms in total. The smallest absolute Gasteiger partial charge is 0.224 e. The van der Waals surface area contributed by atoms with Crippen molar-refractivity contribution in [2.75, 3.05) is 19.6 Å². The summed E-state index contributed by atoms with van der Waals surface area (Å²) in [6.45, 7) is 6.11. The molecule has 3 heteroatoms. The van der Waals surface area contributed by atoms with Gasteiger partial charge in [-0.1, -0.05) is 37.3 Å². The second-order valence-electron chi connectivity index (χ2n) is 6.01. The third kappa shape index (κ3) is 2.81. The molecule has 2 aliphatic heterocycles. The Morgan fingerprint density at radius 2 is 2.00 bits per heavy atom. The summed E-state index contributed by atoms with van der Waals surface area (Å²) in [6.07, 6.45) is 1.84. The van der Waals surface area contributed by atoms with Crippen molar-refractivity contribution < 1.29 is 4.79 Å². The topological polar surface area (TPSA) is 23.6 Å². The van der Waals surface area contributed by atoms with Crippen LogP contribution >= 0.6 is 0 Å². The van der Waals surface area contributed by atoms with E-state index in [0.717, 1.165) is 32.6 Å².